The standard InChI is InChI=1S/C14H20N2/c1-4-14(15-3)16-12(2)10-11-13-8-6-5-7-9-13/h5-9H,2,4,10-11H2,1,3H3,(H,15,16). The summed E-state index contributed by atoms with van der Waals surface area (Å²) >= 11 is 0. The Bertz CT molecular complexity index is 352. The maximum atomic E-state index is 4.15. The second-order valence-corrected chi connectivity index (χ2v) is 3.74. The van der Waals surface area contributed by atoms with Gasteiger partial charge in [0.1, 0.15) is 0 Å². The van der Waals surface area contributed by atoms with Gasteiger partial charge in [0.2, 0.25) is 0 Å². The van der Waals surface area contributed by atoms with Crippen LogP contribution >= 0.6 is 0 Å². The van der Waals surface area contributed by atoms with Crippen LogP contribution in [0.15, 0.2) is 47.6 Å². The van der Waals surface area contributed by atoms with E-state index >= 15 is 0 Å². The van der Waals surface area contributed by atoms with Crippen LogP contribution in [-0.2, 0) is 6.42 Å². The number of aryl methyl sites for hydroxylation is 1. The molecular formula is C14H20N2. The van der Waals surface area contributed by atoms with Gasteiger partial charge in [-0.05, 0) is 18.4 Å². The number of amidine groups is 1. The number of allylic oxidation sites excluding steroid dienone is 1. The van der Waals surface area contributed by atoms with E-state index in [0.29, 0.717) is 0 Å². The van der Waals surface area contributed by atoms with Crippen LogP contribution in [0.25, 0.3) is 0 Å². The molecule has 0 aliphatic heterocycles. The molecule has 0 aromatic heterocycles. The molecule has 0 fully saturated rings. The molecule has 0 aliphatic rings. The van der Waals surface area contributed by atoms with Crippen LogP contribution in [0.4, 0.5) is 0 Å². The van der Waals surface area contributed by atoms with Gasteiger partial charge in [-0.2, -0.15) is 0 Å². The van der Waals surface area contributed by atoms with E-state index in [1.807, 2.05) is 6.07 Å². The highest BCUT2D eigenvalue weighted by Gasteiger charge is 1.98. The van der Waals surface area contributed by atoms with Crippen LogP contribution in [0.1, 0.15) is 25.3 Å². The summed E-state index contributed by atoms with van der Waals surface area (Å²) < 4.78 is 0. The molecular weight excluding hydrogens is 196 g/mol. The van der Waals surface area contributed by atoms with Crippen LogP contribution in [0.2, 0.25) is 0 Å². The number of nitrogens with one attached hydrogen (secondary N) is 1. The van der Waals surface area contributed by atoms with Gasteiger partial charge in [-0.15, -0.1) is 0 Å². The molecule has 0 aliphatic carbocycles. The minimum Gasteiger partial charge on any atom is -0.348 e. The Kier molecular flexibility index (Phi) is 5.34. The molecule has 2 heteroatoms. The quantitative estimate of drug-likeness (QED) is 0.593. The van der Waals surface area contributed by atoms with E-state index < -0.39 is 0 Å². The van der Waals surface area contributed by atoms with Gasteiger partial charge < -0.3 is 5.32 Å². The average Bonchev–Trinajstić information content (AvgIpc) is 2.34. The van der Waals surface area contributed by atoms with Crippen molar-refractivity contribution < 1.29 is 0 Å². The van der Waals surface area contributed by atoms with E-state index in [1.54, 1.807) is 7.05 Å². The van der Waals surface area contributed by atoms with Gasteiger partial charge in [0.25, 0.3) is 0 Å². The molecule has 1 aromatic rings. The SMILES string of the molecule is C=C(CCc1ccccc1)NC(CC)=NC. The summed E-state index contributed by atoms with van der Waals surface area (Å²) in [6.07, 6.45) is 2.89. The first-order chi connectivity index (χ1) is 7.76. The number of hydrogen-bond donors (Lipinski definition) is 1. The highest BCUT2D eigenvalue weighted by Crippen LogP contribution is 2.06. The fourth-order valence-corrected chi connectivity index (χ4v) is 1.51. The molecule has 0 atom stereocenters. The number of hydrogen-bond acceptors (Lipinski definition) is 1. The molecule has 0 spiro atoms. The first kappa shape index (κ1) is 12.5. The van der Waals surface area contributed by atoms with Crippen molar-refractivity contribution in [3.63, 3.8) is 0 Å². The Morgan fingerprint density at radius 2 is 2.00 bits per heavy atom. The summed E-state index contributed by atoms with van der Waals surface area (Å²) in [5.74, 6) is 0.998. The van der Waals surface area contributed by atoms with Crippen molar-refractivity contribution >= 4 is 5.84 Å². The maximum absolute atomic E-state index is 4.15. The fraction of sp³-hybridized carbons (Fsp3) is 0.357. The predicted octanol–water partition coefficient (Wildman–Crippen LogP) is 3.16. The van der Waals surface area contributed by atoms with E-state index in [-0.39, 0.29) is 0 Å². The Hall–Kier alpha value is -1.57. The molecule has 1 aromatic carbocycles. The topological polar surface area (TPSA) is 24.4 Å². The van der Waals surface area contributed by atoms with Crippen LogP contribution in [0.3, 0.4) is 0 Å². The molecule has 2 nitrogen and oxygen atoms in total. The van der Waals surface area contributed by atoms with Gasteiger partial charge in [0, 0.05) is 19.2 Å². The van der Waals surface area contributed by atoms with Crippen LogP contribution in [0, 0.1) is 0 Å². The summed E-state index contributed by atoms with van der Waals surface area (Å²) in [6, 6.07) is 10.5. The largest absolute Gasteiger partial charge is 0.348 e. The first-order valence-corrected chi connectivity index (χ1v) is 5.70. The zero-order chi connectivity index (χ0) is 11.8. The van der Waals surface area contributed by atoms with Gasteiger partial charge in [0.15, 0.2) is 0 Å². The minimum absolute atomic E-state index is 0.918. The van der Waals surface area contributed by atoms with Crippen LogP contribution in [0.5, 0.6) is 0 Å². The number of aliphatic imine (C=N–C) groups is 1. The normalized spacial score (nSPS) is 11.2. The molecule has 86 valence electrons. The van der Waals surface area contributed by atoms with Crippen molar-refractivity contribution in [1.29, 1.82) is 0 Å². The van der Waals surface area contributed by atoms with E-state index in [0.717, 1.165) is 30.8 Å². The molecule has 0 saturated heterocycles. The molecule has 1 rings (SSSR count). The van der Waals surface area contributed by atoms with Gasteiger partial charge in [-0.25, -0.2) is 0 Å². The average molecular weight is 216 g/mol. The van der Waals surface area contributed by atoms with Crippen LogP contribution < -0.4 is 5.32 Å². The number of rotatable bonds is 5. The van der Waals surface area contributed by atoms with Crippen molar-refractivity contribution in [2.45, 2.75) is 26.2 Å². The van der Waals surface area contributed by atoms with Gasteiger partial charge in [-0.3, -0.25) is 4.99 Å². The number of benzene rings is 1. The van der Waals surface area contributed by atoms with Gasteiger partial charge in [-0.1, -0.05) is 43.8 Å². The summed E-state index contributed by atoms with van der Waals surface area (Å²) in [4.78, 5) is 4.15. The minimum atomic E-state index is 0.918. The highest BCUT2D eigenvalue weighted by atomic mass is 15.0. The molecule has 0 bridgehead atoms. The molecule has 0 radical (unpaired) electrons. The third-order valence-corrected chi connectivity index (χ3v) is 2.48. The van der Waals surface area contributed by atoms with Crippen LogP contribution in [-0.4, -0.2) is 12.9 Å². The lowest BCUT2D eigenvalue weighted by Crippen LogP contribution is -2.21. The smallest absolute Gasteiger partial charge is 0.0998 e. The molecule has 16 heavy (non-hydrogen) atoms. The fourth-order valence-electron chi connectivity index (χ4n) is 1.51. The third-order valence-electron chi connectivity index (χ3n) is 2.48. The Morgan fingerprint density at radius 1 is 1.31 bits per heavy atom. The Balaban J connectivity index is 2.36. The van der Waals surface area contributed by atoms with E-state index in [9.17, 15) is 0 Å². The third kappa shape index (κ3) is 4.30. The molecule has 0 unspecified atom stereocenters. The molecule has 1 N–H and O–H groups in total. The summed E-state index contributed by atoms with van der Waals surface area (Å²) in [5.41, 5.74) is 2.38. The Morgan fingerprint density at radius 3 is 2.56 bits per heavy atom. The lowest BCUT2D eigenvalue weighted by atomic mass is 10.1. The molecule has 0 heterocycles. The Labute approximate surface area is 98.1 Å². The van der Waals surface area contributed by atoms with Gasteiger partial charge >= 0.3 is 0 Å². The van der Waals surface area contributed by atoms with E-state index in [4.69, 9.17) is 0 Å². The van der Waals surface area contributed by atoms with Crippen molar-refractivity contribution in [3.8, 4) is 0 Å². The predicted molar refractivity (Wildman–Crippen MR) is 70.7 cm³/mol. The van der Waals surface area contributed by atoms with Crippen molar-refractivity contribution in [3.05, 3.63) is 48.2 Å². The van der Waals surface area contributed by atoms with E-state index in [2.05, 4.69) is 48.1 Å². The zero-order valence-electron chi connectivity index (χ0n) is 10.2. The molecule has 0 amide bonds. The molecule has 0 saturated carbocycles. The van der Waals surface area contributed by atoms with Crippen molar-refractivity contribution in [2.75, 3.05) is 7.05 Å². The van der Waals surface area contributed by atoms with Crippen molar-refractivity contribution in [2.24, 2.45) is 4.99 Å². The lowest BCUT2D eigenvalue weighted by Gasteiger charge is -2.10. The van der Waals surface area contributed by atoms with Gasteiger partial charge in [0.05, 0.1) is 5.84 Å². The monoisotopic (exact) mass is 216 g/mol. The zero-order valence-corrected chi connectivity index (χ0v) is 10.2. The second-order valence-electron chi connectivity index (χ2n) is 3.74. The number of nitrogens with zero attached hydrogens (tertiary/aromatic N) is 1. The summed E-state index contributed by atoms with van der Waals surface area (Å²) in [5, 5.41) is 3.24. The second kappa shape index (κ2) is 6.83. The lowest BCUT2D eigenvalue weighted by molar-refractivity contribution is 0.875. The maximum Gasteiger partial charge on any atom is 0.0998 e. The summed E-state index contributed by atoms with van der Waals surface area (Å²) in [7, 11) is 1.80. The highest BCUT2D eigenvalue weighted by molar-refractivity contribution is 5.83. The summed E-state index contributed by atoms with van der Waals surface area (Å²) in [6.45, 7) is 6.10. The van der Waals surface area contributed by atoms with Crippen molar-refractivity contribution in [1.82, 2.24) is 5.32 Å². The first-order valence-electron chi connectivity index (χ1n) is 5.70. The van der Waals surface area contributed by atoms with E-state index in [1.165, 1.54) is 5.56 Å².